The van der Waals surface area contributed by atoms with Crippen LogP contribution in [0, 0.1) is 0 Å². The predicted molar refractivity (Wildman–Crippen MR) is 51.4 cm³/mol. The van der Waals surface area contributed by atoms with Gasteiger partial charge in [0.15, 0.2) is 0 Å². The SMILES string of the molecule is CCCNCCP(C)CC. The van der Waals surface area contributed by atoms with E-state index >= 15 is 0 Å². The van der Waals surface area contributed by atoms with Crippen molar-refractivity contribution in [2.24, 2.45) is 0 Å². The Kier molecular flexibility index (Phi) is 7.79. The quantitative estimate of drug-likeness (QED) is 0.465. The molecule has 0 aliphatic carbocycles. The molecular weight excluding hydrogens is 141 g/mol. The second-order valence-corrected chi connectivity index (χ2v) is 5.44. The highest BCUT2D eigenvalue weighted by molar-refractivity contribution is 7.56. The van der Waals surface area contributed by atoms with Gasteiger partial charge in [0.25, 0.3) is 0 Å². The summed E-state index contributed by atoms with van der Waals surface area (Å²) in [7, 11) is 0.343. The third-order valence-electron chi connectivity index (χ3n) is 1.64. The molecule has 0 aliphatic rings. The molecule has 0 aliphatic heterocycles. The molecular formula is C8H20NP. The Morgan fingerprint density at radius 3 is 2.40 bits per heavy atom. The number of nitrogens with one attached hydrogen (secondary N) is 1. The first-order valence-electron chi connectivity index (χ1n) is 4.20. The van der Waals surface area contributed by atoms with E-state index in [1.807, 2.05) is 0 Å². The third kappa shape index (κ3) is 6.51. The van der Waals surface area contributed by atoms with E-state index in [0.29, 0.717) is 7.92 Å². The topological polar surface area (TPSA) is 12.0 Å². The fraction of sp³-hybridized carbons (Fsp3) is 1.00. The average molecular weight is 161 g/mol. The lowest BCUT2D eigenvalue weighted by Gasteiger charge is -2.08. The molecule has 2 heteroatoms. The molecule has 62 valence electrons. The standard InChI is InChI=1S/C8H20NP/c1-4-6-9-7-8-10(3)5-2/h9H,4-8H2,1-3H3. The highest BCUT2D eigenvalue weighted by atomic mass is 31.1. The maximum absolute atomic E-state index is 3.42. The Hall–Kier alpha value is 0.390. The van der Waals surface area contributed by atoms with Crippen LogP contribution in [0.2, 0.25) is 0 Å². The van der Waals surface area contributed by atoms with Gasteiger partial charge < -0.3 is 5.32 Å². The predicted octanol–water partition coefficient (Wildman–Crippen LogP) is 2.12. The molecule has 1 nitrogen and oxygen atoms in total. The molecule has 0 rings (SSSR count). The lowest BCUT2D eigenvalue weighted by atomic mass is 10.5. The van der Waals surface area contributed by atoms with Crippen molar-refractivity contribution in [2.45, 2.75) is 20.3 Å². The van der Waals surface area contributed by atoms with E-state index in [9.17, 15) is 0 Å². The summed E-state index contributed by atoms with van der Waals surface area (Å²) < 4.78 is 0. The van der Waals surface area contributed by atoms with Crippen molar-refractivity contribution in [2.75, 3.05) is 32.1 Å². The molecule has 0 aromatic carbocycles. The molecule has 0 aromatic heterocycles. The number of hydrogen-bond donors (Lipinski definition) is 1. The number of rotatable bonds is 6. The first kappa shape index (κ1) is 10.4. The zero-order chi connectivity index (χ0) is 7.82. The molecule has 0 bridgehead atoms. The van der Waals surface area contributed by atoms with E-state index in [1.165, 1.54) is 31.8 Å². The molecule has 1 unspecified atom stereocenters. The van der Waals surface area contributed by atoms with Crippen LogP contribution in [0.4, 0.5) is 0 Å². The highest BCUT2D eigenvalue weighted by Crippen LogP contribution is 2.27. The van der Waals surface area contributed by atoms with Crippen molar-refractivity contribution in [3.05, 3.63) is 0 Å². The Morgan fingerprint density at radius 1 is 1.20 bits per heavy atom. The minimum atomic E-state index is 0.343. The molecule has 1 atom stereocenters. The van der Waals surface area contributed by atoms with Crippen LogP contribution in [-0.4, -0.2) is 32.1 Å². The van der Waals surface area contributed by atoms with Crippen LogP contribution < -0.4 is 5.32 Å². The molecule has 0 aromatic rings. The van der Waals surface area contributed by atoms with Crippen LogP contribution in [0.1, 0.15) is 20.3 Å². The van der Waals surface area contributed by atoms with E-state index in [1.54, 1.807) is 0 Å². The zero-order valence-electron chi connectivity index (χ0n) is 7.48. The Morgan fingerprint density at radius 2 is 1.90 bits per heavy atom. The third-order valence-corrected chi connectivity index (χ3v) is 3.70. The summed E-state index contributed by atoms with van der Waals surface area (Å²) in [6.45, 7) is 9.28. The van der Waals surface area contributed by atoms with E-state index in [-0.39, 0.29) is 0 Å². The zero-order valence-corrected chi connectivity index (χ0v) is 8.38. The van der Waals surface area contributed by atoms with Crippen LogP contribution in [0.25, 0.3) is 0 Å². The minimum absolute atomic E-state index is 0.343. The number of hydrogen-bond acceptors (Lipinski definition) is 1. The lowest BCUT2D eigenvalue weighted by molar-refractivity contribution is 0.706. The summed E-state index contributed by atoms with van der Waals surface area (Å²) in [4.78, 5) is 0. The summed E-state index contributed by atoms with van der Waals surface area (Å²) in [5, 5.41) is 3.42. The highest BCUT2D eigenvalue weighted by Gasteiger charge is 1.94. The van der Waals surface area contributed by atoms with Gasteiger partial charge in [-0.15, -0.1) is 7.92 Å². The van der Waals surface area contributed by atoms with Gasteiger partial charge in [-0.3, -0.25) is 0 Å². The summed E-state index contributed by atoms with van der Waals surface area (Å²) >= 11 is 0. The second-order valence-electron chi connectivity index (χ2n) is 2.65. The molecule has 0 fully saturated rings. The molecule has 0 heterocycles. The van der Waals surface area contributed by atoms with Gasteiger partial charge in [0.1, 0.15) is 0 Å². The normalized spacial score (nSPS) is 13.5. The maximum atomic E-state index is 3.42. The lowest BCUT2D eigenvalue weighted by Crippen LogP contribution is -2.18. The molecule has 0 radical (unpaired) electrons. The fourth-order valence-corrected chi connectivity index (χ4v) is 1.59. The van der Waals surface area contributed by atoms with Gasteiger partial charge in [-0.05, 0) is 38.5 Å². The van der Waals surface area contributed by atoms with Gasteiger partial charge in [0.05, 0.1) is 0 Å². The van der Waals surface area contributed by atoms with Crippen LogP contribution in [0.5, 0.6) is 0 Å². The summed E-state index contributed by atoms with van der Waals surface area (Å²) in [6.07, 6.45) is 4.03. The van der Waals surface area contributed by atoms with Crippen molar-refractivity contribution < 1.29 is 0 Å². The monoisotopic (exact) mass is 161 g/mol. The second kappa shape index (κ2) is 7.50. The van der Waals surface area contributed by atoms with Gasteiger partial charge in [-0.2, -0.15) is 0 Å². The summed E-state index contributed by atoms with van der Waals surface area (Å²) in [6, 6.07) is 0. The van der Waals surface area contributed by atoms with Gasteiger partial charge in [0.2, 0.25) is 0 Å². The summed E-state index contributed by atoms with van der Waals surface area (Å²) in [5.74, 6) is 0. The fourth-order valence-electron chi connectivity index (χ4n) is 0.730. The van der Waals surface area contributed by atoms with Crippen LogP contribution >= 0.6 is 7.92 Å². The van der Waals surface area contributed by atoms with Crippen molar-refractivity contribution in [3.8, 4) is 0 Å². The van der Waals surface area contributed by atoms with Gasteiger partial charge in [0, 0.05) is 0 Å². The van der Waals surface area contributed by atoms with Crippen molar-refractivity contribution in [1.29, 1.82) is 0 Å². The Labute approximate surface area is 66.3 Å². The van der Waals surface area contributed by atoms with E-state index in [4.69, 9.17) is 0 Å². The first-order valence-corrected chi connectivity index (χ1v) is 6.36. The molecule has 1 N–H and O–H groups in total. The van der Waals surface area contributed by atoms with E-state index in [2.05, 4.69) is 25.8 Å². The summed E-state index contributed by atoms with van der Waals surface area (Å²) in [5.41, 5.74) is 0. The van der Waals surface area contributed by atoms with Gasteiger partial charge in [-0.1, -0.05) is 13.8 Å². The van der Waals surface area contributed by atoms with Crippen LogP contribution in [0.3, 0.4) is 0 Å². The van der Waals surface area contributed by atoms with Crippen LogP contribution in [-0.2, 0) is 0 Å². The largest absolute Gasteiger partial charge is 0.316 e. The molecule has 10 heavy (non-hydrogen) atoms. The van der Waals surface area contributed by atoms with Gasteiger partial charge in [-0.25, -0.2) is 0 Å². The average Bonchev–Trinajstić information content (AvgIpc) is 1.98. The maximum Gasteiger partial charge on any atom is -0.000959 e. The van der Waals surface area contributed by atoms with E-state index < -0.39 is 0 Å². The van der Waals surface area contributed by atoms with Crippen molar-refractivity contribution in [1.82, 2.24) is 5.32 Å². The smallest absolute Gasteiger partial charge is 0.000959 e. The Balaban J connectivity index is 2.89. The molecule has 0 saturated heterocycles. The van der Waals surface area contributed by atoms with Gasteiger partial charge >= 0.3 is 0 Å². The van der Waals surface area contributed by atoms with Crippen molar-refractivity contribution >= 4 is 7.92 Å². The van der Waals surface area contributed by atoms with Crippen molar-refractivity contribution in [3.63, 3.8) is 0 Å². The molecule has 0 saturated carbocycles. The van der Waals surface area contributed by atoms with Crippen LogP contribution in [0.15, 0.2) is 0 Å². The molecule has 0 amide bonds. The van der Waals surface area contributed by atoms with E-state index in [0.717, 1.165) is 0 Å². The minimum Gasteiger partial charge on any atom is -0.316 e. The Bertz CT molecular complexity index is 66.3. The first-order chi connectivity index (χ1) is 4.81. The molecule has 0 spiro atoms.